The number of likely N-dealkylation sites (tertiary alicyclic amines) is 1. The molecule has 1 saturated heterocycles. The number of carbonyl (C=O) groups excluding carboxylic acids is 2. The minimum Gasteiger partial charge on any atom is -0.503 e. The smallest absolute Gasteiger partial charge is 0.283 e. The van der Waals surface area contributed by atoms with Crippen LogP contribution in [0.5, 0.6) is 5.75 Å². The largest absolute Gasteiger partial charge is 0.503 e. The van der Waals surface area contributed by atoms with E-state index in [4.69, 9.17) is 10.5 Å². The first kappa shape index (κ1) is 18.4. The van der Waals surface area contributed by atoms with Gasteiger partial charge >= 0.3 is 0 Å². The summed E-state index contributed by atoms with van der Waals surface area (Å²) < 4.78 is 6.07. The highest BCUT2D eigenvalue weighted by Crippen LogP contribution is 2.25. The van der Waals surface area contributed by atoms with E-state index in [9.17, 15) is 14.7 Å². The number of primary amides is 1. The number of aromatic nitrogens is 1. The second-order valence-corrected chi connectivity index (χ2v) is 6.31. The second kappa shape index (κ2) is 8.35. The molecule has 0 spiro atoms. The highest BCUT2D eigenvalue weighted by molar-refractivity contribution is 5.94. The SMILES string of the molecule is NC(=O)C(O)=Cc1ccccc1OC1CCCN(C(=O)c2cccnc2)C1. The van der Waals surface area contributed by atoms with Crippen molar-refractivity contribution < 1.29 is 19.4 Å². The van der Waals surface area contributed by atoms with Crippen LogP contribution in [0.1, 0.15) is 28.8 Å². The van der Waals surface area contributed by atoms with Crippen LogP contribution in [0.3, 0.4) is 0 Å². The Kier molecular flexibility index (Phi) is 5.71. The van der Waals surface area contributed by atoms with Crippen molar-refractivity contribution in [3.8, 4) is 5.75 Å². The highest BCUT2D eigenvalue weighted by Gasteiger charge is 2.26. The van der Waals surface area contributed by atoms with Gasteiger partial charge in [-0.1, -0.05) is 18.2 Å². The van der Waals surface area contributed by atoms with E-state index in [2.05, 4.69) is 4.98 Å². The number of nitrogens with zero attached hydrogens (tertiary/aromatic N) is 2. The Morgan fingerprint density at radius 1 is 1.26 bits per heavy atom. The molecule has 0 saturated carbocycles. The number of aliphatic hydroxyl groups is 1. The number of amides is 2. The molecule has 2 amide bonds. The Morgan fingerprint density at radius 3 is 2.81 bits per heavy atom. The molecule has 1 aromatic heterocycles. The van der Waals surface area contributed by atoms with Crippen LogP contribution in [0.2, 0.25) is 0 Å². The quantitative estimate of drug-likeness (QED) is 0.622. The second-order valence-electron chi connectivity index (χ2n) is 6.31. The van der Waals surface area contributed by atoms with Crippen molar-refractivity contribution in [2.24, 2.45) is 5.73 Å². The van der Waals surface area contributed by atoms with Gasteiger partial charge in [0.1, 0.15) is 11.9 Å². The summed E-state index contributed by atoms with van der Waals surface area (Å²) >= 11 is 0. The molecule has 7 heteroatoms. The summed E-state index contributed by atoms with van der Waals surface area (Å²) in [5, 5.41) is 9.62. The number of hydrogen-bond acceptors (Lipinski definition) is 5. The van der Waals surface area contributed by atoms with Gasteiger partial charge in [0, 0.05) is 24.5 Å². The van der Waals surface area contributed by atoms with Crippen molar-refractivity contribution in [3.63, 3.8) is 0 Å². The van der Waals surface area contributed by atoms with Crippen molar-refractivity contribution in [2.75, 3.05) is 13.1 Å². The molecule has 1 unspecified atom stereocenters. The number of hydrogen-bond donors (Lipinski definition) is 2. The Balaban J connectivity index is 1.72. The number of rotatable bonds is 5. The normalized spacial score (nSPS) is 17.4. The molecule has 27 heavy (non-hydrogen) atoms. The number of piperidine rings is 1. The Labute approximate surface area is 157 Å². The summed E-state index contributed by atoms with van der Waals surface area (Å²) in [4.78, 5) is 29.4. The molecule has 3 N–H and O–H groups in total. The third-order valence-corrected chi connectivity index (χ3v) is 4.33. The predicted molar refractivity (Wildman–Crippen MR) is 100 cm³/mol. The maximum Gasteiger partial charge on any atom is 0.283 e. The highest BCUT2D eigenvalue weighted by atomic mass is 16.5. The molecule has 0 radical (unpaired) electrons. The maximum atomic E-state index is 12.6. The first-order valence-corrected chi connectivity index (χ1v) is 8.70. The molecule has 7 nitrogen and oxygen atoms in total. The van der Waals surface area contributed by atoms with E-state index in [1.807, 2.05) is 0 Å². The zero-order valence-corrected chi connectivity index (χ0v) is 14.7. The summed E-state index contributed by atoms with van der Waals surface area (Å²) in [5.74, 6) is -0.999. The van der Waals surface area contributed by atoms with E-state index >= 15 is 0 Å². The van der Waals surface area contributed by atoms with Gasteiger partial charge in [-0.15, -0.1) is 0 Å². The van der Waals surface area contributed by atoms with Crippen LogP contribution in [0.15, 0.2) is 54.6 Å². The van der Waals surface area contributed by atoms with E-state index in [-0.39, 0.29) is 12.0 Å². The number of benzene rings is 1. The van der Waals surface area contributed by atoms with Gasteiger partial charge in [0.2, 0.25) is 0 Å². The van der Waals surface area contributed by atoms with Gasteiger partial charge in [-0.05, 0) is 37.1 Å². The Hall–Kier alpha value is -3.35. The topological polar surface area (TPSA) is 106 Å². The molecular weight excluding hydrogens is 346 g/mol. The molecule has 1 aliphatic rings. The van der Waals surface area contributed by atoms with Crippen molar-refractivity contribution in [1.29, 1.82) is 0 Å². The summed E-state index contributed by atoms with van der Waals surface area (Å²) in [6, 6.07) is 10.5. The standard InChI is InChI=1S/C20H21N3O4/c21-19(25)17(24)11-14-5-1-2-8-18(14)27-16-7-4-10-23(13-16)20(26)15-6-3-9-22-12-15/h1-3,5-6,8-9,11-12,16,24H,4,7,10,13H2,(H2,21,25). The number of carbonyl (C=O) groups is 2. The molecule has 2 aromatic rings. The average Bonchev–Trinajstić information content (AvgIpc) is 2.69. The van der Waals surface area contributed by atoms with Gasteiger partial charge in [0.25, 0.3) is 11.8 Å². The van der Waals surface area contributed by atoms with Crippen LogP contribution < -0.4 is 10.5 Å². The third-order valence-electron chi connectivity index (χ3n) is 4.33. The molecule has 1 fully saturated rings. The lowest BCUT2D eigenvalue weighted by atomic mass is 10.1. The van der Waals surface area contributed by atoms with Crippen LogP contribution >= 0.6 is 0 Å². The van der Waals surface area contributed by atoms with Gasteiger partial charge in [-0.2, -0.15) is 0 Å². The fourth-order valence-corrected chi connectivity index (χ4v) is 3.00. The van der Waals surface area contributed by atoms with Gasteiger partial charge in [0.05, 0.1) is 12.1 Å². The lowest BCUT2D eigenvalue weighted by Crippen LogP contribution is -2.44. The number of aliphatic hydroxyl groups excluding tert-OH is 1. The fourth-order valence-electron chi connectivity index (χ4n) is 3.00. The molecule has 1 atom stereocenters. The van der Waals surface area contributed by atoms with E-state index in [1.54, 1.807) is 53.7 Å². The number of nitrogens with two attached hydrogens (primary N) is 1. The minimum absolute atomic E-state index is 0.0732. The van der Waals surface area contributed by atoms with E-state index < -0.39 is 11.7 Å². The van der Waals surface area contributed by atoms with Crippen molar-refractivity contribution >= 4 is 17.9 Å². The van der Waals surface area contributed by atoms with Gasteiger partial charge < -0.3 is 20.5 Å². The molecular formula is C20H21N3O4. The van der Waals surface area contributed by atoms with Gasteiger partial charge in [-0.25, -0.2) is 0 Å². The molecule has 0 aliphatic carbocycles. The monoisotopic (exact) mass is 367 g/mol. The van der Waals surface area contributed by atoms with Gasteiger partial charge in [0.15, 0.2) is 5.76 Å². The lowest BCUT2D eigenvalue weighted by molar-refractivity contribution is -0.116. The van der Waals surface area contributed by atoms with Crippen molar-refractivity contribution in [3.05, 3.63) is 65.7 Å². The van der Waals surface area contributed by atoms with Crippen LogP contribution in [-0.4, -0.2) is 46.0 Å². The first-order valence-electron chi connectivity index (χ1n) is 8.70. The molecule has 2 heterocycles. The number of pyridine rings is 1. The molecule has 3 rings (SSSR count). The molecule has 0 bridgehead atoms. The maximum absolute atomic E-state index is 12.6. The van der Waals surface area contributed by atoms with E-state index in [0.29, 0.717) is 30.0 Å². The molecule has 1 aliphatic heterocycles. The summed E-state index contributed by atoms with van der Waals surface area (Å²) in [7, 11) is 0. The third kappa shape index (κ3) is 4.63. The summed E-state index contributed by atoms with van der Waals surface area (Å²) in [6.07, 6.45) is 5.89. The Bertz CT molecular complexity index is 851. The van der Waals surface area contributed by atoms with E-state index in [1.165, 1.54) is 6.08 Å². The predicted octanol–water partition coefficient (Wildman–Crippen LogP) is 2.15. The van der Waals surface area contributed by atoms with Crippen LogP contribution in [0, 0.1) is 0 Å². The first-order chi connectivity index (χ1) is 13.0. The average molecular weight is 367 g/mol. The zero-order valence-electron chi connectivity index (χ0n) is 14.7. The lowest BCUT2D eigenvalue weighted by Gasteiger charge is -2.33. The number of ether oxygens (including phenoxy) is 1. The summed E-state index contributed by atoms with van der Waals surface area (Å²) in [5.41, 5.74) is 6.17. The van der Waals surface area contributed by atoms with Gasteiger partial charge in [-0.3, -0.25) is 14.6 Å². The zero-order chi connectivity index (χ0) is 19.2. The number of para-hydroxylation sites is 1. The minimum atomic E-state index is -0.907. The van der Waals surface area contributed by atoms with Crippen molar-refractivity contribution in [1.82, 2.24) is 9.88 Å². The van der Waals surface area contributed by atoms with Crippen LogP contribution in [0.4, 0.5) is 0 Å². The van der Waals surface area contributed by atoms with Crippen LogP contribution in [-0.2, 0) is 4.79 Å². The van der Waals surface area contributed by atoms with Crippen LogP contribution in [0.25, 0.3) is 6.08 Å². The Morgan fingerprint density at radius 2 is 2.07 bits per heavy atom. The summed E-state index contributed by atoms with van der Waals surface area (Å²) in [6.45, 7) is 1.12. The molecule has 1 aromatic carbocycles. The fraction of sp³-hybridized carbons (Fsp3) is 0.250. The van der Waals surface area contributed by atoms with Crippen molar-refractivity contribution in [2.45, 2.75) is 18.9 Å². The van der Waals surface area contributed by atoms with E-state index in [0.717, 1.165) is 12.8 Å². The molecule has 140 valence electrons.